The Morgan fingerprint density at radius 2 is 1.86 bits per heavy atom. The highest BCUT2D eigenvalue weighted by atomic mass is 16.6. The minimum absolute atomic E-state index is 0.171. The number of anilines is 1. The van der Waals surface area contributed by atoms with Crippen LogP contribution in [0.1, 0.15) is 27.2 Å². The average Bonchev–Trinajstić information content (AvgIpc) is 3.08. The van der Waals surface area contributed by atoms with Gasteiger partial charge in [-0.15, -0.1) is 0 Å². The SMILES string of the molecule is COC(=O)c1cc([N+](=O)[O-])c(=O)n(CC(=O)Nc2c(C#N)c(C)c(C)n2-c2ccc(OC)cc2)c1. The van der Waals surface area contributed by atoms with E-state index in [-0.39, 0.29) is 16.9 Å². The van der Waals surface area contributed by atoms with Crippen molar-refractivity contribution in [3.63, 3.8) is 0 Å². The topological polar surface area (TPSA) is 158 Å². The van der Waals surface area contributed by atoms with Crippen molar-refractivity contribution in [2.75, 3.05) is 19.5 Å². The molecule has 0 spiro atoms. The van der Waals surface area contributed by atoms with Crippen LogP contribution in [-0.2, 0) is 16.1 Å². The van der Waals surface area contributed by atoms with Crippen LogP contribution >= 0.6 is 0 Å². The monoisotopic (exact) mass is 479 g/mol. The van der Waals surface area contributed by atoms with Crippen molar-refractivity contribution in [3.05, 3.63) is 79.4 Å². The highest BCUT2D eigenvalue weighted by Gasteiger charge is 2.24. The summed E-state index contributed by atoms with van der Waals surface area (Å²) >= 11 is 0. The standard InChI is InChI=1S/C23H21N5O7/c1-13-14(2)27(16-5-7-17(34-3)8-6-16)21(18(13)10-24)25-20(29)12-26-11-15(23(31)35-4)9-19(22(26)30)28(32)33/h5-9,11H,12H2,1-4H3,(H,25,29). The van der Waals surface area contributed by atoms with Crippen LogP contribution in [0.15, 0.2) is 41.3 Å². The highest BCUT2D eigenvalue weighted by molar-refractivity contribution is 5.93. The first kappa shape index (κ1) is 24.7. The molecule has 3 aromatic rings. The Balaban J connectivity index is 2.04. The van der Waals surface area contributed by atoms with Crippen LogP contribution in [0, 0.1) is 35.3 Å². The summed E-state index contributed by atoms with van der Waals surface area (Å²) in [5.74, 6) is -0.863. The molecule has 0 fully saturated rings. The zero-order chi connectivity index (χ0) is 25.9. The zero-order valence-corrected chi connectivity index (χ0v) is 19.3. The lowest BCUT2D eigenvalue weighted by atomic mass is 10.2. The number of nitro groups is 1. The maximum absolute atomic E-state index is 12.9. The number of aromatic nitrogens is 2. The van der Waals surface area contributed by atoms with Crippen LogP contribution in [0.5, 0.6) is 5.75 Å². The summed E-state index contributed by atoms with van der Waals surface area (Å²) in [5.41, 5.74) is -0.0286. The van der Waals surface area contributed by atoms with Gasteiger partial charge in [0.2, 0.25) is 5.91 Å². The Morgan fingerprint density at radius 1 is 1.20 bits per heavy atom. The molecule has 12 heteroatoms. The van der Waals surface area contributed by atoms with E-state index < -0.39 is 34.6 Å². The maximum atomic E-state index is 12.9. The molecule has 1 N–H and O–H groups in total. The van der Waals surface area contributed by atoms with Gasteiger partial charge >= 0.3 is 17.2 Å². The number of esters is 1. The summed E-state index contributed by atoms with van der Waals surface area (Å²) in [7, 11) is 2.61. The molecule has 0 atom stereocenters. The highest BCUT2D eigenvalue weighted by Crippen LogP contribution is 2.30. The summed E-state index contributed by atoms with van der Waals surface area (Å²) in [6, 6.07) is 9.80. The molecule has 1 amide bonds. The predicted molar refractivity (Wildman–Crippen MR) is 124 cm³/mol. The van der Waals surface area contributed by atoms with Crippen LogP contribution in [-0.4, -0.2) is 40.2 Å². The van der Waals surface area contributed by atoms with Gasteiger partial charge in [-0.3, -0.25) is 28.8 Å². The van der Waals surface area contributed by atoms with Crippen molar-refractivity contribution < 1.29 is 24.0 Å². The van der Waals surface area contributed by atoms with E-state index in [1.54, 1.807) is 42.7 Å². The molecule has 3 rings (SSSR count). The van der Waals surface area contributed by atoms with E-state index in [9.17, 15) is 29.8 Å². The lowest BCUT2D eigenvalue weighted by Crippen LogP contribution is -2.30. The summed E-state index contributed by atoms with van der Waals surface area (Å²) in [6.45, 7) is 2.86. The van der Waals surface area contributed by atoms with Gasteiger partial charge < -0.3 is 14.8 Å². The van der Waals surface area contributed by atoms with E-state index >= 15 is 0 Å². The molecule has 0 aliphatic heterocycles. The van der Waals surface area contributed by atoms with Gasteiger partial charge in [-0.1, -0.05) is 0 Å². The van der Waals surface area contributed by atoms with Crippen molar-refractivity contribution in [1.29, 1.82) is 5.26 Å². The van der Waals surface area contributed by atoms with Gasteiger partial charge in [0, 0.05) is 23.6 Å². The molecule has 0 saturated carbocycles. The van der Waals surface area contributed by atoms with Crippen LogP contribution in [0.4, 0.5) is 11.5 Å². The van der Waals surface area contributed by atoms with Gasteiger partial charge in [0.15, 0.2) is 0 Å². The molecule has 0 unspecified atom stereocenters. The number of amides is 1. The van der Waals surface area contributed by atoms with E-state index in [4.69, 9.17) is 4.74 Å². The van der Waals surface area contributed by atoms with E-state index in [0.717, 1.165) is 23.9 Å². The molecule has 0 aliphatic rings. The first-order valence-electron chi connectivity index (χ1n) is 10.2. The molecular weight excluding hydrogens is 458 g/mol. The third kappa shape index (κ3) is 4.74. The minimum Gasteiger partial charge on any atom is -0.497 e. The number of rotatable bonds is 7. The first-order valence-corrected chi connectivity index (χ1v) is 10.2. The number of carbonyl (C=O) groups is 2. The summed E-state index contributed by atoms with van der Waals surface area (Å²) in [4.78, 5) is 47.7. The Bertz CT molecular complexity index is 1430. The number of hydrogen-bond acceptors (Lipinski definition) is 8. The van der Waals surface area contributed by atoms with Crippen molar-refractivity contribution in [2.45, 2.75) is 20.4 Å². The Labute approximate surface area is 199 Å². The molecule has 12 nitrogen and oxygen atoms in total. The third-order valence-electron chi connectivity index (χ3n) is 5.41. The Hall–Kier alpha value is -4.92. The Morgan fingerprint density at radius 3 is 2.40 bits per heavy atom. The lowest BCUT2D eigenvalue weighted by Gasteiger charge is -2.14. The number of nitrogens with zero attached hydrogens (tertiary/aromatic N) is 4. The van der Waals surface area contributed by atoms with Gasteiger partial charge in [-0.05, 0) is 43.7 Å². The van der Waals surface area contributed by atoms with Crippen molar-refractivity contribution in [2.24, 2.45) is 0 Å². The molecule has 0 saturated heterocycles. The molecule has 180 valence electrons. The van der Waals surface area contributed by atoms with Crippen LogP contribution in [0.25, 0.3) is 5.69 Å². The van der Waals surface area contributed by atoms with Crippen molar-refractivity contribution in [3.8, 4) is 17.5 Å². The number of nitrogens with one attached hydrogen (secondary N) is 1. The van der Waals surface area contributed by atoms with Gasteiger partial charge in [-0.25, -0.2) is 4.79 Å². The lowest BCUT2D eigenvalue weighted by molar-refractivity contribution is -0.386. The fourth-order valence-corrected chi connectivity index (χ4v) is 3.54. The number of nitriles is 1. The third-order valence-corrected chi connectivity index (χ3v) is 5.41. The molecule has 0 radical (unpaired) electrons. The second-order valence-electron chi connectivity index (χ2n) is 7.42. The minimum atomic E-state index is -1.07. The fraction of sp³-hybridized carbons (Fsp3) is 0.217. The van der Waals surface area contributed by atoms with E-state index in [0.29, 0.717) is 22.7 Å². The summed E-state index contributed by atoms with van der Waals surface area (Å²) in [5, 5.41) is 23.6. The van der Waals surface area contributed by atoms with Crippen LogP contribution in [0.2, 0.25) is 0 Å². The second-order valence-corrected chi connectivity index (χ2v) is 7.42. The number of ether oxygens (including phenoxy) is 2. The fourth-order valence-electron chi connectivity index (χ4n) is 3.54. The van der Waals surface area contributed by atoms with Gasteiger partial charge in [0.25, 0.3) is 0 Å². The zero-order valence-electron chi connectivity index (χ0n) is 19.3. The van der Waals surface area contributed by atoms with Crippen LogP contribution in [0.3, 0.4) is 0 Å². The molecule has 0 bridgehead atoms. The molecule has 35 heavy (non-hydrogen) atoms. The molecule has 2 aromatic heterocycles. The number of benzene rings is 1. The van der Waals surface area contributed by atoms with Gasteiger partial charge in [-0.2, -0.15) is 5.26 Å². The smallest absolute Gasteiger partial charge is 0.339 e. The largest absolute Gasteiger partial charge is 0.497 e. The summed E-state index contributed by atoms with van der Waals surface area (Å²) < 4.78 is 12.2. The molecule has 2 heterocycles. The quantitative estimate of drug-likeness (QED) is 0.307. The Kier molecular flexibility index (Phi) is 7.00. The number of carbonyl (C=O) groups excluding carboxylic acids is 2. The molecule has 1 aromatic carbocycles. The predicted octanol–water partition coefficient (Wildman–Crippen LogP) is 2.47. The van der Waals surface area contributed by atoms with Crippen molar-refractivity contribution in [1.82, 2.24) is 9.13 Å². The first-order chi connectivity index (χ1) is 16.6. The van der Waals surface area contributed by atoms with E-state index in [1.807, 2.05) is 0 Å². The molecule has 0 aliphatic carbocycles. The second kappa shape index (κ2) is 9.92. The van der Waals surface area contributed by atoms with Crippen molar-refractivity contribution >= 4 is 23.4 Å². The number of hydrogen-bond donors (Lipinski definition) is 1. The van der Waals surface area contributed by atoms with E-state index in [2.05, 4.69) is 16.1 Å². The number of methoxy groups -OCH3 is 2. The number of pyridine rings is 1. The van der Waals surface area contributed by atoms with Crippen LogP contribution < -0.4 is 15.6 Å². The van der Waals surface area contributed by atoms with E-state index in [1.165, 1.54) is 7.11 Å². The van der Waals surface area contributed by atoms with Gasteiger partial charge in [0.1, 0.15) is 24.2 Å². The average molecular weight is 479 g/mol. The van der Waals surface area contributed by atoms with Gasteiger partial charge in [0.05, 0.1) is 30.3 Å². The maximum Gasteiger partial charge on any atom is 0.339 e. The molecular formula is C23H21N5O7. The normalized spacial score (nSPS) is 10.4. The summed E-state index contributed by atoms with van der Waals surface area (Å²) in [6.07, 6.45) is 1.00.